The van der Waals surface area contributed by atoms with Gasteiger partial charge >= 0.3 is 7.60 Å². The predicted molar refractivity (Wildman–Crippen MR) is 198 cm³/mol. The van der Waals surface area contributed by atoms with Crippen molar-refractivity contribution in [3.8, 4) is 11.5 Å². The molecule has 2 rings (SSSR count). The number of benzene rings is 1. The smallest absolute Gasteiger partial charge is 0.331 e. The molecule has 1 heterocycles. The van der Waals surface area contributed by atoms with Crippen LogP contribution in [0.5, 0.6) is 11.5 Å². The van der Waals surface area contributed by atoms with Crippen molar-refractivity contribution >= 4 is 19.6 Å². The lowest BCUT2D eigenvalue weighted by Crippen LogP contribution is -2.23. The van der Waals surface area contributed by atoms with Gasteiger partial charge in [0.15, 0.2) is 0 Å². The Labute approximate surface area is 291 Å². The lowest BCUT2D eigenvalue weighted by Gasteiger charge is -2.18. The number of ether oxygens (including phenoxy) is 2. The molecule has 0 atom stereocenters. The number of carbonyl (C=O) groups excluding carboxylic acids is 1. The summed E-state index contributed by atoms with van der Waals surface area (Å²) in [6.45, 7) is 10.7. The zero-order valence-corrected chi connectivity index (χ0v) is 31.6. The second-order valence-corrected chi connectivity index (χ2v) is 14.7. The number of pyridine rings is 1. The van der Waals surface area contributed by atoms with E-state index < -0.39 is 7.60 Å². The maximum Gasteiger partial charge on any atom is 0.331 e. The van der Waals surface area contributed by atoms with E-state index in [2.05, 4.69) is 17.2 Å². The van der Waals surface area contributed by atoms with Gasteiger partial charge in [-0.25, -0.2) is 0 Å². The summed E-state index contributed by atoms with van der Waals surface area (Å²) in [5.41, 5.74) is 4.36. The Morgan fingerprint density at radius 2 is 1.38 bits per heavy atom. The van der Waals surface area contributed by atoms with Crippen LogP contribution in [0.2, 0.25) is 0 Å². The van der Waals surface area contributed by atoms with E-state index in [1.54, 1.807) is 27.2 Å². The van der Waals surface area contributed by atoms with Crippen molar-refractivity contribution in [3.63, 3.8) is 0 Å². The first-order chi connectivity index (χ1) is 23.2. The Morgan fingerprint density at radius 3 is 1.92 bits per heavy atom. The highest BCUT2D eigenvalue weighted by atomic mass is 31.2. The van der Waals surface area contributed by atoms with Gasteiger partial charge in [-0.3, -0.25) is 14.3 Å². The molecule has 1 aromatic heterocycles. The highest BCUT2D eigenvalue weighted by molar-refractivity contribution is 7.53. The van der Waals surface area contributed by atoms with Crippen LogP contribution in [0, 0.1) is 13.8 Å². The van der Waals surface area contributed by atoms with Gasteiger partial charge in [0.2, 0.25) is 5.91 Å². The first kappa shape index (κ1) is 41.5. The normalized spacial score (nSPS) is 11.9. The van der Waals surface area contributed by atoms with Crippen molar-refractivity contribution in [3.05, 3.63) is 58.5 Å². The summed E-state index contributed by atoms with van der Waals surface area (Å²) in [6, 6.07) is 7.67. The number of carbonyl (C=O) groups is 1. The topological polar surface area (TPSA) is 96.0 Å². The number of allylic oxidation sites excluding steroid dienone is 1. The number of rotatable bonds is 27. The van der Waals surface area contributed by atoms with E-state index in [0.717, 1.165) is 41.0 Å². The van der Waals surface area contributed by atoms with Crippen LogP contribution in [0.3, 0.4) is 0 Å². The van der Waals surface area contributed by atoms with Gasteiger partial charge in [0.1, 0.15) is 18.1 Å². The Bertz CT molecular complexity index is 1250. The second-order valence-electron chi connectivity index (χ2n) is 12.5. The molecule has 1 amide bonds. The van der Waals surface area contributed by atoms with Crippen LogP contribution in [0.4, 0.5) is 0 Å². The number of nitrogens with one attached hydrogen (secondary N) is 1. The number of amides is 1. The first-order valence-electron chi connectivity index (χ1n) is 18.4. The van der Waals surface area contributed by atoms with E-state index in [-0.39, 0.29) is 12.1 Å². The molecule has 0 aliphatic heterocycles. The molecule has 0 radical (unpaired) electrons. The molecule has 2 aromatic rings. The fraction of sp³-hybridized carbons (Fsp3) is 0.641. The number of methoxy groups -OCH3 is 1. The molecule has 1 N–H and O–H groups in total. The van der Waals surface area contributed by atoms with Crippen molar-refractivity contribution in [2.45, 2.75) is 138 Å². The highest BCUT2D eigenvalue weighted by Gasteiger charge is 2.24. The second kappa shape index (κ2) is 24.5. The summed E-state index contributed by atoms with van der Waals surface area (Å²) in [5, 5.41) is 3.09. The average Bonchev–Trinajstić information content (AvgIpc) is 3.06. The molecule has 0 aliphatic carbocycles. The van der Waals surface area contributed by atoms with Gasteiger partial charge in [-0.15, -0.1) is 0 Å². The molecular weight excluding hydrogens is 623 g/mol. The van der Waals surface area contributed by atoms with Crippen LogP contribution in [0.1, 0.15) is 139 Å². The van der Waals surface area contributed by atoms with Gasteiger partial charge in [-0.2, -0.15) is 0 Å². The molecule has 0 fully saturated rings. The fourth-order valence-corrected chi connectivity index (χ4v) is 7.40. The first-order valence-corrected chi connectivity index (χ1v) is 20.1. The van der Waals surface area contributed by atoms with Gasteiger partial charge in [0, 0.05) is 29.4 Å². The van der Waals surface area contributed by atoms with E-state index in [1.165, 1.54) is 70.6 Å². The Hall–Kier alpha value is -2.67. The monoisotopic (exact) mass is 686 g/mol. The Kier molecular flexibility index (Phi) is 21.1. The molecule has 9 heteroatoms. The minimum absolute atomic E-state index is 0.0247. The molecule has 1 aromatic carbocycles. The number of nitrogens with zero attached hydrogens (tertiary/aromatic N) is 1. The molecular formula is C39H63N2O6P. The summed E-state index contributed by atoms with van der Waals surface area (Å²) in [6.07, 6.45) is 21.2. The van der Waals surface area contributed by atoms with Crippen molar-refractivity contribution in [1.82, 2.24) is 10.3 Å². The fourth-order valence-electron chi connectivity index (χ4n) is 5.76. The average molecular weight is 687 g/mol. The maximum absolute atomic E-state index is 13.2. The molecule has 0 spiro atoms. The molecule has 0 aliphatic rings. The third-order valence-electron chi connectivity index (χ3n) is 8.46. The van der Waals surface area contributed by atoms with E-state index in [9.17, 15) is 9.36 Å². The maximum atomic E-state index is 13.2. The molecule has 8 nitrogen and oxygen atoms in total. The summed E-state index contributed by atoms with van der Waals surface area (Å²) in [7, 11) is -1.60. The van der Waals surface area contributed by atoms with E-state index in [1.807, 2.05) is 44.2 Å². The van der Waals surface area contributed by atoms with Crippen LogP contribution in [0.15, 0.2) is 36.2 Å². The quantitative estimate of drug-likeness (QED) is 0.0738. The third-order valence-corrected chi connectivity index (χ3v) is 10.5. The highest BCUT2D eigenvalue weighted by Crippen LogP contribution is 2.49. The molecule has 0 bridgehead atoms. The van der Waals surface area contributed by atoms with E-state index in [0.29, 0.717) is 44.1 Å². The molecule has 0 saturated carbocycles. The standard InChI is InChI=1S/C39H63N2O6P/c1-7-10-11-12-13-14-15-16-17-18-19-20-21-22-38(42)41-35(27-28-48(43,46-8-2)47-9-3)29-34-23-25-36(26-24-34)45-31-37-33(5)39(44-6)32(4)30-40-37/h23-26,29-30H,7-22,27-28,31H2,1-6H3,(H,41,42)/b35-29+. The SMILES string of the molecule is CCCCCCCCCCCCCCCC(=O)N/C(=C/c1ccc(OCc2ncc(C)c(OC)c2C)cc1)CCP(=O)(OCC)OCC. The minimum atomic E-state index is -3.26. The summed E-state index contributed by atoms with van der Waals surface area (Å²) in [4.78, 5) is 17.5. The molecule has 0 unspecified atom stereocenters. The summed E-state index contributed by atoms with van der Waals surface area (Å²) in [5.74, 6) is 1.51. The largest absolute Gasteiger partial charge is 0.496 e. The number of hydrogen-bond acceptors (Lipinski definition) is 7. The number of aromatic nitrogens is 1. The van der Waals surface area contributed by atoms with Crippen LogP contribution >= 0.6 is 7.60 Å². The van der Waals surface area contributed by atoms with Crippen LogP contribution in [-0.4, -0.2) is 37.4 Å². The zero-order chi connectivity index (χ0) is 35.0. The van der Waals surface area contributed by atoms with Crippen LogP contribution in [0.25, 0.3) is 6.08 Å². The van der Waals surface area contributed by atoms with Crippen molar-refractivity contribution < 1.29 is 27.9 Å². The zero-order valence-electron chi connectivity index (χ0n) is 30.7. The Morgan fingerprint density at radius 1 is 0.812 bits per heavy atom. The van der Waals surface area contributed by atoms with Gasteiger partial charge in [-0.05, 0) is 64.3 Å². The summed E-state index contributed by atoms with van der Waals surface area (Å²) < 4.78 is 35.7. The lowest BCUT2D eigenvalue weighted by molar-refractivity contribution is -0.120. The van der Waals surface area contributed by atoms with Gasteiger partial charge < -0.3 is 23.8 Å². The van der Waals surface area contributed by atoms with Crippen molar-refractivity contribution in [2.24, 2.45) is 0 Å². The predicted octanol–water partition coefficient (Wildman–Crippen LogP) is 10.9. The molecule has 48 heavy (non-hydrogen) atoms. The van der Waals surface area contributed by atoms with Crippen LogP contribution in [-0.2, 0) is 25.0 Å². The van der Waals surface area contributed by atoms with E-state index in [4.69, 9.17) is 18.5 Å². The molecule has 270 valence electrons. The molecule has 0 saturated heterocycles. The van der Waals surface area contributed by atoms with Crippen molar-refractivity contribution in [2.75, 3.05) is 26.5 Å². The number of aryl methyl sites for hydroxylation is 1. The van der Waals surface area contributed by atoms with Gasteiger partial charge in [0.05, 0.1) is 32.2 Å². The van der Waals surface area contributed by atoms with Crippen molar-refractivity contribution in [1.29, 1.82) is 0 Å². The van der Waals surface area contributed by atoms with Gasteiger partial charge in [-0.1, -0.05) is 96.1 Å². The van der Waals surface area contributed by atoms with E-state index >= 15 is 0 Å². The minimum Gasteiger partial charge on any atom is -0.496 e. The third kappa shape index (κ3) is 16.6. The van der Waals surface area contributed by atoms with Gasteiger partial charge in [0.25, 0.3) is 0 Å². The van der Waals surface area contributed by atoms with Crippen LogP contribution < -0.4 is 14.8 Å². The summed E-state index contributed by atoms with van der Waals surface area (Å²) >= 11 is 0. The Balaban J connectivity index is 1.91. The lowest BCUT2D eigenvalue weighted by atomic mass is 10.0. The number of hydrogen-bond donors (Lipinski definition) is 1. The number of unbranched alkanes of at least 4 members (excludes halogenated alkanes) is 12.